The quantitative estimate of drug-likeness (QED) is 0.918. The van der Waals surface area contributed by atoms with E-state index >= 15 is 0 Å². The van der Waals surface area contributed by atoms with Crippen molar-refractivity contribution >= 4 is 23.7 Å². The second-order valence-electron chi connectivity index (χ2n) is 4.70. The fourth-order valence-electron chi connectivity index (χ4n) is 2.43. The van der Waals surface area contributed by atoms with Crippen molar-refractivity contribution in [2.75, 3.05) is 19.6 Å². The zero-order valence-electron chi connectivity index (χ0n) is 10.4. The van der Waals surface area contributed by atoms with Crippen molar-refractivity contribution in [3.05, 3.63) is 16.1 Å². The molecule has 98 valence electrons. The number of hydrogen-bond acceptors (Lipinski definition) is 4. The molecule has 17 heavy (non-hydrogen) atoms. The lowest BCUT2D eigenvalue weighted by Gasteiger charge is -2.31. The Kier molecular flexibility index (Phi) is 6.41. The van der Waals surface area contributed by atoms with Crippen molar-refractivity contribution in [2.24, 2.45) is 11.7 Å². The van der Waals surface area contributed by atoms with E-state index in [4.69, 9.17) is 5.73 Å². The second kappa shape index (κ2) is 7.31. The lowest BCUT2D eigenvalue weighted by atomic mass is 9.95. The van der Waals surface area contributed by atoms with E-state index in [1.807, 2.05) is 0 Å². The van der Waals surface area contributed by atoms with Gasteiger partial charge in [0.2, 0.25) is 0 Å². The highest BCUT2D eigenvalue weighted by molar-refractivity contribution is 7.09. The summed E-state index contributed by atoms with van der Waals surface area (Å²) in [5.41, 5.74) is 6.78. The van der Waals surface area contributed by atoms with Gasteiger partial charge in [-0.3, -0.25) is 4.90 Å². The zero-order chi connectivity index (χ0) is 11.4. The maximum absolute atomic E-state index is 5.63. The first kappa shape index (κ1) is 14.9. The van der Waals surface area contributed by atoms with Crippen LogP contribution >= 0.6 is 23.7 Å². The molecule has 1 saturated heterocycles. The summed E-state index contributed by atoms with van der Waals surface area (Å²) in [4.78, 5) is 7.06. The van der Waals surface area contributed by atoms with E-state index in [-0.39, 0.29) is 12.4 Å². The smallest absolute Gasteiger partial charge is 0.107 e. The summed E-state index contributed by atoms with van der Waals surface area (Å²) >= 11 is 1.78. The van der Waals surface area contributed by atoms with E-state index in [9.17, 15) is 0 Å². The summed E-state index contributed by atoms with van der Waals surface area (Å²) in [7, 11) is 0. The van der Waals surface area contributed by atoms with Crippen LogP contribution in [0.4, 0.5) is 0 Å². The van der Waals surface area contributed by atoms with Crippen molar-refractivity contribution in [1.82, 2.24) is 9.88 Å². The molecule has 0 saturated carbocycles. The monoisotopic (exact) mass is 275 g/mol. The molecule has 0 aliphatic carbocycles. The SMILES string of the molecule is Cc1csc(CN2CCCC(CCN)C2)n1.Cl. The number of halogens is 1. The minimum Gasteiger partial charge on any atom is -0.330 e. The molecule has 0 bridgehead atoms. The highest BCUT2D eigenvalue weighted by Crippen LogP contribution is 2.21. The highest BCUT2D eigenvalue weighted by atomic mass is 35.5. The maximum Gasteiger partial charge on any atom is 0.107 e. The van der Waals surface area contributed by atoms with Crippen molar-refractivity contribution in [3.8, 4) is 0 Å². The first-order valence-corrected chi connectivity index (χ1v) is 6.99. The minimum atomic E-state index is 0. The predicted molar refractivity (Wildman–Crippen MR) is 75.8 cm³/mol. The Morgan fingerprint density at radius 3 is 3.06 bits per heavy atom. The van der Waals surface area contributed by atoms with Crippen LogP contribution in [0.25, 0.3) is 0 Å². The molecule has 5 heteroatoms. The third-order valence-corrected chi connectivity index (χ3v) is 4.15. The lowest BCUT2D eigenvalue weighted by molar-refractivity contribution is 0.163. The molecule has 2 N–H and O–H groups in total. The van der Waals surface area contributed by atoms with E-state index < -0.39 is 0 Å². The Morgan fingerprint density at radius 1 is 1.59 bits per heavy atom. The number of nitrogens with zero attached hydrogens (tertiary/aromatic N) is 2. The number of piperidine rings is 1. The van der Waals surface area contributed by atoms with Crippen LogP contribution in [0.1, 0.15) is 30.0 Å². The molecule has 1 atom stereocenters. The van der Waals surface area contributed by atoms with Crippen LogP contribution in [-0.2, 0) is 6.54 Å². The molecule has 2 rings (SSSR count). The molecule has 1 aromatic heterocycles. The van der Waals surface area contributed by atoms with Crippen molar-refractivity contribution < 1.29 is 0 Å². The summed E-state index contributed by atoms with van der Waals surface area (Å²) in [5.74, 6) is 0.805. The number of likely N-dealkylation sites (tertiary alicyclic amines) is 1. The van der Waals surface area contributed by atoms with Gasteiger partial charge in [-0.15, -0.1) is 23.7 Å². The van der Waals surface area contributed by atoms with Gasteiger partial charge in [0.25, 0.3) is 0 Å². The van der Waals surface area contributed by atoms with Gasteiger partial charge in [-0.2, -0.15) is 0 Å². The van der Waals surface area contributed by atoms with Gasteiger partial charge in [0.1, 0.15) is 5.01 Å². The van der Waals surface area contributed by atoms with Crippen LogP contribution in [0.15, 0.2) is 5.38 Å². The van der Waals surface area contributed by atoms with Gasteiger partial charge in [-0.05, 0) is 45.2 Å². The van der Waals surface area contributed by atoms with E-state index in [1.54, 1.807) is 11.3 Å². The van der Waals surface area contributed by atoms with E-state index in [2.05, 4.69) is 22.2 Å². The summed E-state index contributed by atoms with van der Waals surface area (Å²) in [6, 6.07) is 0. The van der Waals surface area contributed by atoms with Gasteiger partial charge < -0.3 is 5.73 Å². The second-order valence-corrected chi connectivity index (χ2v) is 5.65. The Labute approximate surface area is 114 Å². The van der Waals surface area contributed by atoms with Crippen LogP contribution in [0.5, 0.6) is 0 Å². The number of hydrogen-bond donors (Lipinski definition) is 1. The molecule has 1 aliphatic heterocycles. The summed E-state index contributed by atoms with van der Waals surface area (Å²) < 4.78 is 0. The van der Waals surface area contributed by atoms with Crippen LogP contribution in [-0.4, -0.2) is 29.5 Å². The maximum atomic E-state index is 5.63. The Hall–Kier alpha value is -0.160. The van der Waals surface area contributed by atoms with Crippen LogP contribution in [0, 0.1) is 12.8 Å². The topological polar surface area (TPSA) is 42.1 Å². The molecule has 2 heterocycles. The molecule has 1 aliphatic rings. The number of nitrogens with two attached hydrogens (primary N) is 1. The van der Waals surface area contributed by atoms with Gasteiger partial charge in [0.15, 0.2) is 0 Å². The first-order valence-electron chi connectivity index (χ1n) is 6.11. The molecular weight excluding hydrogens is 254 g/mol. The normalized spacial score (nSPS) is 21.2. The molecule has 0 spiro atoms. The fraction of sp³-hybridized carbons (Fsp3) is 0.750. The molecule has 0 aromatic carbocycles. The van der Waals surface area contributed by atoms with Gasteiger partial charge in [0, 0.05) is 17.6 Å². The summed E-state index contributed by atoms with van der Waals surface area (Å²) in [6.07, 6.45) is 3.84. The predicted octanol–water partition coefficient (Wildman–Crippen LogP) is 2.43. The third-order valence-electron chi connectivity index (χ3n) is 3.20. The fourth-order valence-corrected chi connectivity index (χ4v) is 3.25. The third kappa shape index (κ3) is 4.54. The average Bonchev–Trinajstić information content (AvgIpc) is 2.65. The minimum absolute atomic E-state index is 0. The van der Waals surface area contributed by atoms with E-state index in [1.165, 1.54) is 37.4 Å². The van der Waals surface area contributed by atoms with Crippen molar-refractivity contribution in [3.63, 3.8) is 0 Å². The molecule has 1 fully saturated rings. The largest absolute Gasteiger partial charge is 0.330 e. The molecule has 1 aromatic rings. The number of rotatable bonds is 4. The van der Waals surface area contributed by atoms with Gasteiger partial charge in [-0.25, -0.2) is 4.98 Å². The van der Waals surface area contributed by atoms with Crippen LogP contribution < -0.4 is 5.73 Å². The van der Waals surface area contributed by atoms with Gasteiger partial charge in [0.05, 0.1) is 6.54 Å². The molecule has 3 nitrogen and oxygen atoms in total. The first-order chi connectivity index (χ1) is 7.78. The summed E-state index contributed by atoms with van der Waals surface area (Å²) in [6.45, 7) is 6.34. The van der Waals surface area contributed by atoms with Crippen molar-refractivity contribution in [2.45, 2.75) is 32.7 Å². The number of thiazole rings is 1. The molecular formula is C12H22ClN3S. The molecule has 0 radical (unpaired) electrons. The Balaban J connectivity index is 0.00000144. The average molecular weight is 276 g/mol. The van der Waals surface area contributed by atoms with Crippen molar-refractivity contribution in [1.29, 1.82) is 0 Å². The molecule has 1 unspecified atom stereocenters. The Bertz CT molecular complexity index is 327. The van der Waals surface area contributed by atoms with E-state index in [0.717, 1.165) is 24.7 Å². The summed E-state index contributed by atoms with van der Waals surface area (Å²) in [5, 5.41) is 3.39. The number of aromatic nitrogens is 1. The highest BCUT2D eigenvalue weighted by Gasteiger charge is 2.19. The standard InChI is InChI=1S/C12H21N3S.ClH/c1-10-9-16-12(14-10)8-15-6-2-3-11(7-15)4-5-13;/h9,11H,2-8,13H2,1H3;1H. The zero-order valence-corrected chi connectivity index (χ0v) is 12.0. The molecule has 0 amide bonds. The van der Waals surface area contributed by atoms with Crippen LogP contribution in [0.2, 0.25) is 0 Å². The van der Waals surface area contributed by atoms with Gasteiger partial charge in [-0.1, -0.05) is 0 Å². The lowest BCUT2D eigenvalue weighted by Crippen LogP contribution is -2.35. The Morgan fingerprint density at radius 2 is 2.41 bits per heavy atom. The number of aryl methyl sites for hydroxylation is 1. The van der Waals surface area contributed by atoms with Gasteiger partial charge >= 0.3 is 0 Å². The van der Waals surface area contributed by atoms with Crippen LogP contribution in [0.3, 0.4) is 0 Å². The van der Waals surface area contributed by atoms with E-state index in [0.29, 0.717) is 0 Å².